The molecule has 138 valence electrons. The van der Waals surface area contributed by atoms with Gasteiger partial charge in [-0.2, -0.15) is 0 Å². The van der Waals surface area contributed by atoms with E-state index in [4.69, 9.17) is 0 Å². The Hall–Kier alpha value is -2.58. The number of hydrogen-bond donors (Lipinski definition) is 0. The van der Waals surface area contributed by atoms with Gasteiger partial charge in [0.1, 0.15) is 5.92 Å². The summed E-state index contributed by atoms with van der Waals surface area (Å²) in [6.07, 6.45) is 1.33. The molecule has 3 rings (SSSR count). The van der Waals surface area contributed by atoms with E-state index in [1.54, 1.807) is 0 Å². The lowest BCUT2D eigenvalue weighted by molar-refractivity contribution is -0.144. The van der Waals surface area contributed by atoms with Crippen LogP contribution in [0.3, 0.4) is 0 Å². The fourth-order valence-corrected chi connectivity index (χ4v) is 3.62. The Balaban J connectivity index is 2.30. The van der Waals surface area contributed by atoms with Crippen LogP contribution in [-0.4, -0.2) is 43.4 Å². The van der Waals surface area contributed by atoms with Crippen molar-refractivity contribution in [2.75, 3.05) is 13.7 Å². The smallest absolute Gasteiger partial charge is 0.315 e. The van der Waals surface area contributed by atoms with E-state index >= 15 is 0 Å². The third-order valence-corrected chi connectivity index (χ3v) is 4.73. The molecule has 0 fully saturated rings. The first-order valence-electron chi connectivity index (χ1n) is 7.75. The lowest BCUT2D eigenvalue weighted by Crippen LogP contribution is -2.49. The zero-order valence-corrected chi connectivity index (χ0v) is 13.8. The predicted molar refractivity (Wildman–Crippen MR) is 83.3 cm³/mol. The second kappa shape index (κ2) is 6.62. The van der Waals surface area contributed by atoms with Crippen LogP contribution in [0.5, 0.6) is 0 Å². The van der Waals surface area contributed by atoms with Crippen LogP contribution >= 0.6 is 0 Å². The van der Waals surface area contributed by atoms with Crippen molar-refractivity contribution in [2.45, 2.75) is 18.9 Å². The van der Waals surface area contributed by atoms with Gasteiger partial charge in [-0.25, -0.2) is 17.6 Å². The van der Waals surface area contributed by atoms with Gasteiger partial charge in [0.25, 0.3) is 0 Å². The average molecular weight is 370 g/mol. The molecule has 2 aliphatic rings. The third-order valence-electron chi connectivity index (χ3n) is 4.73. The van der Waals surface area contributed by atoms with Crippen LogP contribution in [0.25, 0.3) is 0 Å². The zero-order valence-electron chi connectivity index (χ0n) is 13.8. The summed E-state index contributed by atoms with van der Waals surface area (Å²) < 4.78 is 61.1. The minimum atomic E-state index is -1.65. The fraction of sp³-hybridized carbons (Fsp3) is 0.412. The molecule has 0 radical (unpaired) electrons. The van der Waals surface area contributed by atoms with Crippen LogP contribution < -0.4 is 0 Å². The lowest BCUT2D eigenvalue weighted by Gasteiger charge is -2.39. The normalized spacial score (nSPS) is 27.8. The number of rotatable bonds is 2. The van der Waals surface area contributed by atoms with E-state index in [1.165, 1.54) is 13.1 Å². The fourth-order valence-electron chi connectivity index (χ4n) is 3.62. The Labute approximate surface area is 145 Å². The molecular weight excluding hydrogens is 356 g/mol. The molecule has 0 aromatic heterocycles. The molecule has 1 aromatic carbocycles. The van der Waals surface area contributed by atoms with E-state index in [9.17, 15) is 27.2 Å². The highest BCUT2D eigenvalue weighted by Gasteiger charge is 2.50. The first kappa shape index (κ1) is 18.2. The maximum atomic E-state index is 14.5. The Morgan fingerprint density at radius 3 is 2.35 bits per heavy atom. The standard InChI is InChI=1S/C17H14F4N2O3/c1-6-11(17(25)26-2)13(12-9(23-6)4-22-5-10(12)24)14-15(20)7(18)3-8(19)16(14)21/h3-4,9,11-13H,5H2,1-2H3. The molecule has 9 heteroatoms. The van der Waals surface area contributed by atoms with Crippen molar-refractivity contribution in [3.8, 4) is 0 Å². The van der Waals surface area contributed by atoms with E-state index in [1.807, 2.05) is 0 Å². The van der Waals surface area contributed by atoms with Crippen molar-refractivity contribution in [3.63, 3.8) is 0 Å². The van der Waals surface area contributed by atoms with Crippen LogP contribution in [0.15, 0.2) is 16.1 Å². The topological polar surface area (TPSA) is 68.1 Å². The molecule has 0 spiro atoms. The van der Waals surface area contributed by atoms with Crippen LogP contribution in [0, 0.1) is 35.1 Å². The van der Waals surface area contributed by atoms with Crippen LogP contribution in [0.4, 0.5) is 17.6 Å². The van der Waals surface area contributed by atoms with Gasteiger partial charge in [0.05, 0.1) is 25.6 Å². The summed E-state index contributed by atoms with van der Waals surface area (Å²) in [7, 11) is 1.06. The molecule has 0 saturated heterocycles. The number of benzene rings is 1. The van der Waals surface area contributed by atoms with Crippen LogP contribution in [0.1, 0.15) is 18.4 Å². The minimum absolute atomic E-state index is 0.0761. The van der Waals surface area contributed by atoms with E-state index in [0.717, 1.165) is 7.11 Å². The Morgan fingerprint density at radius 1 is 1.15 bits per heavy atom. The first-order valence-corrected chi connectivity index (χ1v) is 7.75. The Bertz CT molecular complexity index is 827. The number of fused-ring (bicyclic) bond motifs is 1. The summed E-state index contributed by atoms with van der Waals surface area (Å²) >= 11 is 0. The van der Waals surface area contributed by atoms with E-state index in [2.05, 4.69) is 14.7 Å². The van der Waals surface area contributed by atoms with Crippen molar-refractivity contribution in [1.82, 2.24) is 0 Å². The highest BCUT2D eigenvalue weighted by atomic mass is 19.2. The monoisotopic (exact) mass is 370 g/mol. The van der Waals surface area contributed by atoms with Gasteiger partial charge < -0.3 is 4.74 Å². The van der Waals surface area contributed by atoms with Gasteiger partial charge in [-0.05, 0) is 6.92 Å². The van der Waals surface area contributed by atoms with E-state index in [0.29, 0.717) is 0 Å². The van der Waals surface area contributed by atoms with Crippen molar-refractivity contribution in [1.29, 1.82) is 0 Å². The summed E-state index contributed by atoms with van der Waals surface area (Å²) in [6, 6.07) is -0.806. The Morgan fingerprint density at radius 2 is 1.77 bits per heavy atom. The van der Waals surface area contributed by atoms with Crippen LogP contribution in [0.2, 0.25) is 0 Å². The molecule has 0 aliphatic carbocycles. The molecule has 1 aromatic rings. The van der Waals surface area contributed by atoms with E-state index < -0.39 is 64.4 Å². The van der Waals surface area contributed by atoms with Gasteiger partial charge in [0, 0.05) is 29.5 Å². The summed E-state index contributed by atoms with van der Waals surface area (Å²) in [6.45, 7) is 1.14. The number of hydrogen-bond acceptors (Lipinski definition) is 5. The maximum Gasteiger partial charge on any atom is 0.315 e. The number of methoxy groups -OCH3 is 1. The molecule has 4 unspecified atom stereocenters. The van der Waals surface area contributed by atoms with E-state index in [-0.39, 0.29) is 18.3 Å². The Kier molecular flexibility index (Phi) is 4.64. The second-order valence-electron chi connectivity index (χ2n) is 6.15. The molecule has 2 heterocycles. The summed E-state index contributed by atoms with van der Waals surface area (Å²) in [5, 5.41) is 0. The van der Waals surface area contributed by atoms with Crippen molar-refractivity contribution in [3.05, 3.63) is 34.9 Å². The number of esters is 1. The highest BCUT2D eigenvalue weighted by Crippen LogP contribution is 2.44. The molecular formula is C17H14F4N2O3. The number of carbonyl (C=O) groups is 2. The van der Waals surface area contributed by atoms with Gasteiger partial charge >= 0.3 is 5.97 Å². The van der Waals surface area contributed by atoms with Gasteiger partial charge in [-0.1, -0.05) is 0 Å². The molecule has 0 saturated carbocycles. The van der Waals surface area contributed by atoms with Crippen molar-refractivity contribution < 1.29 is 31.9 Å². The number of Topliss-reactive ketones (excluding diaryl/α,β-unsaturated/α-hetero) is 1. The van der Waals surface area contributed by atoms with Crippen LogP contribution in [-0.2, 0) is 14.3 Å². The molecule has 0 bridgehead atoms. The molecule has 26 heavy (non-hydrogen) atoms. The van der Waals surface area contributed by atoms with Gasteiger partial charge in [0.15, 0.2) is 29.1 Å². The minimum Gasteiger partial charge on any atom is -0.468 e. The summed E-state index contributed by atoms with van der Waals surface area (Å²) in [5.74, 6) is -12.0. The van der Waals surface area contributed by atoms with Gasteiger partial charge in [-0.3, -0.25) is 19.6 Å². The summed E-state index contributed by atoms with van der Waals surface area (Å²) in [4.78, 5) is 32.7. The second-order valence-corrected chi connectivity index (χ2v) is 6.15. The molecule has 5 nitrogen and oxygen atoms in total. The number of halogens is 4. The number of ether oxygens (including phenoxy) is 1. The first-order chi connectivity index (χ1) is 12.3. The lowest BCUT2D eigenvalue weighted by atomic mass is 9.67. The molecule has 2 aliphatic heterocycles. The maximum absolute atomic E-state index is 14.5. The SMILES string of the molecule is COC(=O)C1C(C)=NC2C=NCC(=O)C2C1c1c(F)c(F)cc(F)c1F. The van der Waals surface area contributed by atoms with Gasteiger partial charge in [0.2, 0.25) is 0 Å². The quantitative estimate of drug-likeness (QED) is 0.456. The number of carbonyl (C=O) groups excluding carboxylic acids is 2. The largest absolute Gasteiger partial charge is 0.468 e. The molecule has 4 atom stereocenters. The zero-order chi connectivity index (χ0) is 19.2. The average Bonchev–Trinajstić information content (AvgIpc) is 2.59. The predicted octanol–water partition coefficient (Wildman–Crippen LogP) is 2.23. The van der Waals surface area contributed by atoms with Crippen molar-refractivity contribution >= 4 is 23.7 Å². The van der Waals surface area contributed by atoms with Crippen molar-refractivity contribution in [2.24, 2.45) is 21.8 Å². The number of nitrogens with zero attached hydrogens (tertiary/aromatic N) is 2. The molecule has 0 N–H and O–H groups in total. The number of aliphatic imine (C=N–C) groups is 2. The summed E-state index contributed by atoms with van der Waals surface area (Å²) in [5.41, 5.74) is -0.862. The molecule has 0 amide bonds. The number of ketones is 1. The van der Waals surface area contributed by atoms with Gasteiger partial charge in [-0.15, -0.1) is 0 Å². The third kappa shape index (κ3) is 2.71. The highest BCUT2D eigenvalue weighted by molar-refractivity contribution is 6.06.